The lowest BCUT2D eigenvalue weighted by Gasteiger charge is -2.12. The van der Waals surface area contributed by atoms with Crippen molar-refractivity contribution in [2.24, 2.45) is 0 Å². The highest BCUT2D eigenvalue weighted by Gasteiger charge is 2.18. The predicted octanol–water partition coefficient (Wildman–Crippen LogP) is 6.11. The molecule has 0 bridgehead atoms. The van der Waals surface area contributed by atoms with Gasteiger partial charge in [-0.3, -0.25) is 19.7 Å². The zero-order chi connectivity index (χ0) is 30.3. The van der Waals surface area contributed by atoms with Crippen molar-refractivity contribution < 1.29 is 24.0 Å². The molecule has 0 aliphatic carbocycles. The van der Waals surface area contributed by atoms with E-state index in [1.165, 1.54) is 48.2 Å². The van der Waals surface area contributed by atoms with Crippen molar-refractivity contribution in [2.45, 2.75) is 10.6 Å². The molecule has 0 aliphatic heterocycles. The molecule has 0 unspecified atom stereocenters. The van der Waals surface area contributed by atoms with Gasteiger partial charge in [0.1, 0.15) is 17.0 Å². The maximum absolute atomic E-state index is 13.3. The van der Waals surface area contributed by atoms with Crippen molar-refractivity contribution in [3.63, 3.8) is 0 Å². The Balaban J connectivity index is 1.32. The van der Waals surface area contributed by atoms with E-state index < -0.39 is 22.4 Å². The van der Waals surface area contributed by atoms with Crippen molar-refractivity contribution in [1.29, 1.82) is 0 Å². The molecule has 5 rings (SSSR count). The molecule has 2 amide bonds. The van der Waals surface area contributed by atoms with E-state index in [0.29, 0.717) is 33.5 Å². The summed E-state index contributed by atoms with van der Waals surface area (Å²) in [7, 11) is 0. The number of hydrogen-bond donors (Lipinski definition) is 3. The molecule has 0 aliphatic rings. The molecule has 1 aromatic heterocycles. The molecule has 43 heavy (non-hydrogen) atoms. The number of nitrogens with one attached hydrogen (secondary N) is 2. The van der Waals surface area contributed by atoms with E-state index in [1.807, 2.05) is 0 Å². The second kappa shape index (κ2) is 12.9. The number of fused-ring (bicyclic) bond motifs is 1. The molecular weight excluding hydrogens is 570 g/mol. The number of carbonyl (C=O) groups is 2. The fourth-order valence-corrected chi connectivity index (χ4v) is 4.96. The van der Waals surface area contributed by atoms with Crippen LogP contribution in [-0.2, 0) is 10.5 Å². The third-order valence-electron chi connectivity index (χ3n) is 6.26. The topological polar surface area (TPSA) is 152 Å². The number of nitrogens with zero attached hydrogens (tertiary/aromatic N) is 1. The average molecular weight is 594 g/mol. The number of anilines is 1. The Bertz CT molecular complexity index is 1920. The fourth-order valence-electron chi connectivity index (χ4n) is 4.11. The summed E-state index contributed by atoms with van der Waals surface area (Å²) in [6, 6.07) is 27.3. The van der Waals surface area contributed by atoms with Gasteiger partial charge in [0.25, 0.3) is 17.5 Å². The van der Waals surface area contributed by atoms with Crippen LogP contribution in [0.5, 0.6) is 5.75 Å². The van der Waals surface area contributed by atoms with E-state index in [2.05, 4.69) is 10.6 Å². The molecule has 0 saturated carbocycles. The molecule has 1 heterocycles. The highest BCUT2D eigenvalue weighted by Crippen LogP contribution is 2.26. The first-order valence-corrected chi connectivity index (χ1v) is 13.9. The number of phenolic OH excluding ortho intramolecular Hbond substituents is 1. The Morgan fingerprint density at radius 1 is 0.930 bits per heavy atom. The van der Waals surface area contributed by atoms with Crippen LogP contribution in [0.25, 0.3) is 17.0 Å². The van der Waals surface area contributed by atoms with Crippen LogP contribution in [0.3, 0.4) is 0 Å². The van der Waals surface area contributed by atoms with Gasteiger partial charge in [0.15, 0.2) is 0 Å². The van der Waals surface area contributed by atoms with Crippen molar-refractivity contribution in [2.75, 3.05) is 5.32 Å². The summed E-state index contributed by atoms with van der Waals surface area (Å²) in [5, 5.41) is 27.1. The summed E-state index contributed by atoms with van der Waals surface area (Å²) >= 11 is 1.39. The fraction of sp³-hybridized carbons (Fsp3) is 0.0312. The zero-order valence-electron chi connectivity index (χ0n) is 22.4. The van der Waals surface area contributed by atoms with Gasteiger partial charge in [0.2, 0.25) is 0 Å². The Hall–Kier alpha value is -5.68. The number of amides is 2. The third kappa shape index (κ3) is 7.16. The van der Waals surface area contributed by atoms with Crippen molar-refractivity contribution in [3.8, 4) is 5.75 Å². The standard InChI is InChI=1S/C32H23N3O7S/c36-25-13-10-22-16-23(32(39)42-29(22)18-25)19-43-26-14-11-24(12-15-26)33-31(38)27(34-30(37)20-6-2-1-3-7-20)17-21-8-4-5-9-28(21)35(40)41/h1-18,36H,19H2,(H,33,38)(H,34,37)/b27-17+. The van der Waals surface area contributed by atoms with Gasteiger partial charge in [-0.05, 0) is 66.7 Å². The van der Waals surface area contributed by atoms with Gasteiger partial charge in [-0.25, -0.2) is 4.79 Å². The Morgan fingerprint density at radius 3 is 2.40 bits per heavy atom. The minimum Gasteiger partial charge on any atom is -0.508 e. The SMILES string of the molecule is O=C(Nc1ccc(SCc2cc3ccc(O)cc3oc2=O)cc1)/C(=C\c1ccccc1[N+](=O)[O-])NC(=O)c1ccccc1. The number of nitro benzene ring substituents is 1. The van der Waals surface area contributed by atoms with Crippen LogP contribution in [-0.4, -0.2) is 21.8 Å². The molecule has 11 heteroatoms. The second-order valence-corrected chi connectivity index (χ2v) is 10.3. The van der Waals surface area contributed by atoms with Crippen LogP contribution >= 0.6 is 11.8 Å². The van der Waals surface area contributed by atoms with E-state index in [1.54, 1.807) is 72.8 Å². The highest BCUT2D eigenvalue weighted by molar-refractivity contribution is 7.98. The first kappa shape index (κ1) is 28.8. The first-order valence-electron chi connectivity index (χ1n) is 12.9. The first-order chi connectivity index (χ1) is 20.8. The van der Waals surface area contributed by atoms with Gasteiger partial charge in [-0.15, -0.1) is 11.8 Å². The van der Waals surface area contributed by atoms with Gasteiger partial charge in [-0.1, -0.05) is 30.3 Å². The van der Waals surface area contributed by atoms with E-state index in [-0.39, 0.29) is 22.7 Å². The lowest BCUT2D eigenvalue weighted by Crippen LogP contribution is -2.30. The van der Waals surface area contributed by atoms with Gasteiger partial charge in [0, 0.05) is 45.0 Å². The molecule has 0 saturated heterocycles. The second-order valence-electron chi connectivity index (χ2n) is 9.24. The van der Waals surface area contributed by atoms with E-state index in [4.69, 9.17) is 4.42 Å². The number of carbonyl (C=O) groups excluding carboxylic acids is 2. The molecule has 0 atom stereocenters. The van der Waals surface area contributed by atoms with E-state index >= 15 is 0 Å². The smallest absolute Gasteiger partial charge is 0.340 e. The zero-order valence-corrected chi connectivity index (χ0v) is 23.2. The van der Waals surface area contributed by atoms with E-state index in [0.717, 1.165) is 4.90 Å². The predicted molar refractivity (Wildman–Crippen MR) is 164 cm³/mol. The van der Waals surface area contributed by atoms with Crippen LogP contribution in [0.2, 0.25) is 0 Å². The van der Waals surface area contributed by atoms with Crippen molar-refractivity contribution >= 4 is 52.0 Å². The maximum atomic E-state index is 13.3. The number of aromatic hydroxyl groups is 1. The Labute approximate surface area is 248 Å². The molecular formula is C32H23N3O7S. The normalized spacial score (nSPS) is 11.2. The van der Waals surface area contributed by atoms with Gasteiger partial charge in [0.05, 0.1) is 10.5 Å². The lowest BCUT2D eigenvalue weighted by atomic mass is 10.1. The summed E-state index contributed by atoms with van der Waals surface area (Å²) in [5.74, 6) is -0.892. The summed E-state index contributed by atoms with van der Waals surface area (Å²) < 4.78 is 5.32. The molecule has 0 radical (unpaired) electrons. The third-order valence-corrected chi connectivity index (χ3v) is 7.32. The lowest BCUT2D eigenvalue weighted by molar-refractivity contribution is -0.385. The number of rotatable bonds is 9. The summed E-state index contributed by atoms with van der Waals surface area (Å²) in [4.78, 5) is 50.3. The number of hydrogen-bond acceptors (Lipinski definition) is 8. The molecule has 5 aromatic rings. The highest BCUT2D eigenvalue weighted by atomic mass is 32.2. The van der Waals surface area contributed by atoms with Crippen molar-refractivity contribution in [1.82, 2.24) is 5.32 Å². The Morgan fingerprint density at radius 2 is 1.65 bits per heavy atom. The minimum absolute atomic E-state index is 0.00696. The molecule has 0 fully saturated rings. The number of para-hydroxylation sites is 1. The molecule has 10 nitrogen and oxygen atoms in total. The van der Waals surface area contributed by atoms with Gasteiger partial charge < -0.3 is 20.2 Å². The summed E-state index contributed by atoms with van der Waals surface area (Å²) in [6.07, 6.45) is 1.26. The molecule has 3 N–H and O–H groups in total. The van der Waals surface area contributed by atoms with Crippen LogP contribution in [0.1, 0.15) is 21.5 Å². The average Bonchev–Trinajstić information content (AvgIpc) is 3.01. The van der Waals surface area contributed by atoms with Crippen LogP contribution in [0, 0.1) is 10.1 Å². The number of phenols is 1. The largest absolute Gasteiger partial charge is 0.508 e. The van der Waals surface area contributed by atoms with Crippen LogP contribution in [0.15, 0.2) is 123 Å². The van der Waals surface area contributed by atoms with E-state index in [9.17, 15) is 29.6 Å². The quantitative estimate of drug-likeness (QED) is 0.0609. The Kier molecular flexibility index (Phi) is 8.63. The molecule has 4 aromatic carbocycles. The summed E-state index contributed by atoms with van der Waals surface area (Å²) in [6.45, 7) is 0. The minimum atomic E-state index is -0.678. The molecule has 0 spiro atoms. The number of nitro groups is 1. The number of benzene rings is 4. The maximum Gasteiger partial charge on any atom is 0.340 e. The monoisotopic (exact) mass is 593 g/mol. The van der Waals surface area contributed by atoms with Crippen LogP contribution in [0.4, 0.5) is 11.4 Å². The van der Waals surface area contributed by atoms with Crippen LogP contribution < -0.4 is 16.3 Å². The molecule has 214 valence electrons. The van der Waals surface area contributed by atoms with Crippen molar-refractivity contribution in [3.05, 3.63) is 146 Å². The van der Waals surface area contributed by atoms with Gasteiger partial charge >= 0.3 is 5.63 Å². The summed E-state index contributed by atoms with van der Waals surface area (Å²) in [5.41, 5.74) is 0.733. The number of thioether (sulfide) groups is 1. The van der Waals surface area contributed by atoms with Gasteiger partial charge in [-0.2, -0.15) is 0 Å².